The Kier molecular flexibility index (Phi) is 6.76. The smallest absolute Gasteiger partial charge is 0.251 e. The number of rotatable bonds is 7. The Morgan fingerprint density at radius 3 is 2.59 bits per heavy atom. The van der Waals surface area contributed by atoms with Gasteiger partial charge in [-0.15, -0.1) is 11.3 Å². The molecule has 2 aromatic carbocycles. The van der Waals surface area contributed by atoms with Crippen LogP contribution in [0.5, 0.6) is 5.75 Å². The normalized spacial score (nSPS) is 10.7. The van der Waals surface area contributed by atoms with Crippen LogP contribution >= 0.6 is 11.3 Å². The van der Waals surface area contributed by atoms with Gasteiger partial charge >= 0.3 is 0 Å². The van der Waals surface area contributed by atoms with E-state index in [1.807, 2.05) is 36.6 Å². The van der Waals surface area contributed by atoms with E-state index in [1.54, 1.807) is 48.7 Å². The van der Waals surface area contributed by atoms with Gasteiger partial charge in [0.1, 0.15) is 12.4 Å². The highest BCUT2D eigenvalue weighted by Gasteiger charge is 2.05. The van der Waals surface area contributed by atoms with Crippen LogP contribution in [0.4, 0.5) is 5.69 Å². The Balaban J connectivity index is 1.61. The molecule has 0 aliphatic carbocycles. The highest BCUT2D eigenvalue weighted by Crippen LogP contribution is 2.21. The lowest BCUT2D eigenvalue weighted by molar-refractivity contribution is -0.111. The third-order valence-corrected chi connectivity index (χ3v) is 4.84. The second-order valence-corrected chi connectivity index (χ2v) is 7.23. The molecule has 0 aliphatic heterocycles. The number of benzene rings is 2. The summed E-state index contributed by atoms with van der Waals surface area (Å²) in [7, 11) is 1.57. The molecule has 3 rings (SSSR count). The first-order valence-electron chi connectivity index (χ1n) is 8.99. The van der Waals surface area contributed by atoms with Gasteiger partial charge in [-0.05, 0) is 43.3 Å². The number of aryl methyl sites for hydroxylation is 1. The second kappa shape index (κ2) is 9.66. The third-order valence-electron chi connectivity index (χ3n) is 4.02. The highest BCUT2D eigenvalue weighted by molar-refractivity contribution is 7.09. The molecule has 1 heterocycles. The molecule has 2 N–H and O–H groups in total. The molecule has 148 valence electrons. The molecular formula is C22H21N3O3S. The molecule has 0 saturated heterocycles. The zero-order valence-corrected chi connectivity index (χ0v) is 17.0. The summed E-state index contributed by atoms with van der Waals surface area (Å²) in [5.41, 5.74) is 2.81. The van der Waals surface area contributed by atoms with Gasteiger partial charge in [-0.2, -0.15) is 0 Å². The third kappa shape index (κ3) is 5.76. The van der Waals surface area contributed by atoms with E-state index in [-0.39, 0.29) is 11.8 Å². The van der Waals surface area contributed by atoms with E-state index in [1.165, 1.54) is 6.08 Å². The lowest BCUT2D eigenvalue weighted by atomic mass is 10.1. The maximum Gasteiger partial charge on any atom is 0.251 e. The van der Waals surface area contributed by atoms with Crippen LogP contribution in [0.15, 0.2) is 60.0 Å². The van der Waals surface area contributed by atoms with E-state index in [0.29, 0.717) is 23.6 Å². The summed E-state index contributed by atoms with van der Waals surface area (Å²) in [6.07, 6.45) is 3.15. The van der Waals surface area contributed by atoms with Crippen molar-refractivity contribution in [1.29, 1.82) is 0 Å². The van der Waals surface area contributed by atoms with Crippen molar-refractivity contribution >= 4 is 34.9 Å². The van der Waals surface area contributed by atoms with E-state index < -0.39 is 0 Å². The molecule has 0 spiro atoms. The number of anilines is 1. The Labute approximate surface area is 173 Å². The highest BCUT2D eigenvalue weighted by atomic mass is 32.1. The minimum absolute atomic E-state index is 0.174. The van der Waals surface area contributed by atoms with Crippen LogP contribution < -0.4 is 15.4 Å². The summed E-state index contributed by atoms with van der Waals surface area (Å²) < 4.78 is 5.86. The maximum absolute atomic E-state index is 12.2. The van der Waals surface area contributed by atoms with E-state index in [2.05, 4.69) is 15.6 Å². The van der Waals surface area contributed by atoms with Gasteiger partial charge in [-0.1, -0.05) is 18.2 Å². The van der Waals surface area contributed by atoms with Gasteiger partial charge in [0.25, 0.3) is 5.91 Å². The number of hydrogen-bond acceptors (Lipinski definition) is 5. The molecule has 0 aliphatic rings. The summed E-state index contributed by atoms with van der Waals surface area (Å²) in [6, 6.07) is 14.2. The zero-order valence-electron chi connectivity index (χ0n) is 16.1. The molecule has 1 aromatic heterocycles. The van der Waals surface area contributed by atoms with Crippen LogP contribution in [0.3, 0.4) is 0 Å². The molecule has 0 bridgehead atoms. The predicted octanol–water partition coefficient (Wildman–Crippen LogP) is 4.04. The molecule has 0 fully saturated rings. The quantitative estimate of drug-likeness (QED) is 0.579. The van der Waals surface area contributed by atoms with Gasteiger partial charge in [-0.3, -0.25) is 9.59 Å². The minimum Gasteiger partial charge on any atom is -0.487 e. The number of carbonyl (C=O) groups is 2. The van der Waals surface area contributed by atoms with Gasteiger partial charge in [0, 0.05) is 35.3 Å². The van der Waals surface area contributed by atoms with Gasteiger partial charge < -0.3 is 15.4 Å². The van der Waals surface area contributed by atoms with Gasteiger partial charge in [0.15, 0.2) is 0 Å². The van der Waals surface area contributed by atoms with Crippen molar-refractivity contribution < 1.29 is 14.3 Å². The fourth-order valence-corrected chi connectivity index (χ4v) is 3.17. The number of hydrogen-bond donors (Lipinski definition) is 2. The molecule has 6 nitrogen and oxygen atoms in total. The van der Waals surface area contributed by atoms with E-state index >= 15 is 0 Å². The van der Waals surface area contributed by atoms with Crippen LogP contribution in [0.2, 0.25) is 0 Å². The Morgan fingerprint density at radius 1 is 1.14 bits per heavy atom. The SMILES string of the molecule is CNC(=O)c1ccc(NC(=O)/C=C/c2ccccc2OCc2csc(C)n2)cc1. The van der Waals surface area contributed by atoms with Crippen molar-refractivity contribution in [2.45, 2.75) is 13.5 Å². The summed E-state index contributed by atoms with van der Waals surface area (Å²) in [4.78, 5) is 28.2. The predicted molar refractivity (Wildman–Crippen MR) is 115 cm³/mol. The average Bonchev–Trinajstić information content (AvgIpc) is 3.16. The van der Waals surface area contributed by atoms with Crippen molar-refractivity contribution in [2.75, 3.05) is 12.4 Å². The van der Waals surface area contributed by atoms with E-state index in [4.69, 9.17) is 4.74 Å². The number of aromatic nitrogens is 1. The van der Waals surface area contributed by atoms with Crippen LogP contribution in [-0.2, 0) is 11.4 Å². The molecule has 3 aromatic rings. The number of amides is 2. The van der Waals surface area contributed by atoms with Crippen molar-refractivity contribution in [2.24, 2.45) is 0 Å². The first-order chi connectivity index (χ1) is 14.0. The summed E-state index contributed by atoms with van der Waals surface area (Å²) in [6.45, 7) is 2.33. The lowest BCUT2D eigenvalue weighted by Gasteiger charge is -2.08. The average molecular weight is 407 g/mol. The van der Waals surface area contributed by atoms with Crippen LogP contribution in [0.1, 0.15) is 26.6 Å². The number of nitrogens with zero attached hydrogens (tertiary/aromatic N) is 1. The monoisotopic (exact) mass is 407 g/mol. The van der Waals surface area contributed by atoms with E-state index in [9.17, 15) is 9.59 Å². The molecule has 0 atom stereocenters. The van der Waals surface area contributed by atoms with E-state index in [0.717, 1.165) is 16.3 Å². The fourth-order valence-electron chi connectivity index (χ4n) is 2.57. The first kappa shape index (κ1) is 20.3. The number of ether oxygens (including phenoxy) is 1. The van der Waals surface area contributed by atoms with Crippen molar-refractivity contribution in [3.63, 3.8) is 0 Å². The van der Waals surface area contributed by atoms with Crippen molar-refractivity contribution in [1.82, 2.24) is 10.3 Å². The topological polar surface area (TPSA) is 80.3 Å². The van der Waals surface area contributed by atoms with Gasteiger partial charge in [0.2, 0.25) is 5.91 Å². The summed E-state index contributed by atoms with van der Waals surface area (Å²) >= 11 is 1.58. The van der Waals surface area contributed by atoms with Crippen LogP contribution in [0.25, 0.3) is 6.08 Å². The molecule has 2 amide bonds. The molecular weight excluding hydrogens is 386 g/mol. The number of para-hydroxylation sites is 1. The van der Waals surface area contributed by atoms with Crippen LogP contribution in [-0.4, -0.2) is 23.8 Å². The zero-order chi connectivity index (χ0) is 20.6. The number of thiazole rings is 1. The van der Waals surface area contributed by atoms with Gasteiger partial charge in [0.05, 0.1) is 10.7 Å². The largest absolute Gasteiger partial charge is 0.487 e. The molecule has 7 heteroatoms. The second-order valence-electron chi connectivity index (χ2n) is 6.16. The van der Waals surface area contributed by atoms with Crippen molar-refractivity contribution in [3.05, 3.63) is 81.8 Å². The Morgan fingerprint density at radius 2 is 1.90 bits per heavy atom. The fraction of sp³-hybridized carbons (Fsp3) is 0.136. The standard InChI is InChI=1S/C22H21N3O3S/c1-15-24-19(14-29-15)13-28-20-6-4-3-5-16(20)9-12-21(26)25-18-10-7-17(8-11-18)22(27)23-2/h3-12,14H,13H2,1-2H3,(H,23,27)(H,25,26)/b12-9+. The first-order valence-corrected chi connectivity index (χ1v) is 9.87. The summed E-state index contributed by atoms with van der Waals surface area (Å²) in [5, 5.41) is 8.29. The molecule has 0 radical (unpaired) electrons. The number of carbonyl (C=O) groups excluding carboxylic acids is 2. The van der Waals surface area contributed by atoms with Crippen LogP contribution in [0, 0.1) is 6.92 Å². The van der Waals surface area contributed by atoms with Crippen molar-refractivity contribution in [3.8, 4) is 5.75 Å². The Bertz CT molecular complexity index is 1030. The number of nitrogens with one attached hydrogen (secondary N) is 2. The maximum atomic E-state index is 12.2. The molecule has 29 heavy (non-hydrogen) atoms. The Hall–Kier alpha value is -3.45. The minimum atomic E-state index is -0.275. The molecule has 0 saturated carbocycles. The lowest BCUT2D eigenvalue weighted by Crippen LogP contribution is -2.17. The molecule has 0 unspecified atom stereocenters. The van der Waals surface area contributed by atoms with Gasteiger partial charge in [-0.25, -0.2) is 4.98 Å². The summed E-state index contributed by atoms with van der Waals surface area (Å²) in [5.74, 6) is 0.229.